The number of hydrogen-bond donors (Lipinski definition) is 1. The summed E-state index contributed by atoms with van der Waals surface area (Å²) in [4.78, 5) is 2.81. The van der Waals surface area contributed by atoms with Crippen molar-refractivity contribution in [3.63, 3.8) is 0 Å². The molecule has 6 heteroatoms. The van der Waals surface area contributed by atoms with Gasteiger partial charge in [0.1, 0.15) is 0 Å². The Bertz CT molecular complexity index is 416. The van der Waals surface area contributed by atoms with Crippen molar-refractivity contribution in [2.75, 3.05) is 11.5 Å². The molecule has 0 radical (unpaired) electrons. The number of aromatic nitrogens is 2. The van der Waals surface area contributed by atoms with E-state index < -0.39 is 9.84 Å². The van der Waals surface area contributed by atoms with Gasteiger partial charge in [0, 0.05) is 24.7 Å². The summed E-state index contributed by atoms with van der Waals surface area (Å²) < 4.78 is 24.6. The molecule has 1 N–H and O–H groups in total. The number of nitrogens with zero attached hydrogens (tertiary/aromatic N) is 1. The number of sulfone groups is 1. The van der Waals surface area contributed by atoms with E-state index in [0.717, 1.165) is 0 Å². The SMILES string of the molecule is CCS(=O)(=O)CCn1cc[nH]c1=S. The first-order valence-electron chi connectivity index (χ1n) is 3.99. The predicted molar refractivity (Wildman–Crippen MR) is 53.9 cm³/mol. The molecule has 1 rings (SSSR count). The first-order chi connectivity index (χ1) is 6.05. The summed E-state index contributed by atoms with van der Waals surface area (Å²) >= 11 is 4.92. The second-order valence-electron chi connectivity index (χ2n) is 2.69. The molecule has 13 heavy (non-hydrogen) atoms. The fraction of sp³-hybridized carbons (Fsp3) is 0.571. The van der Waals surface area contributed by atoms with Crippen molar-refractivity contribution in [1.82, 2.24) is 9.55 Å². The summed E-state index contributed by atoms with van der Waals surface area (Å²) in [5.74, 6) is 0.334. The van der Waals surface area contributed by atoms with Gasteiger partial charge in [0.25, 0.3) is 0 Å². The highest BCUT2D eigenvalue weighted by atomic mass is 32.2. The Morgan fingerprint density at radius 2 is 2.31 bits per heavy atom. The van der Waals surface area contributed by atoms with Gasteiger partial charge in [-0.2, -0.15) is 0 Å². The molecule has 0 saturated carbocycles. The quantitative estimate of drug-likeness (QED) is 0.770. The second kappa shape index (κ2) is 4.06. The highest BCUT2D eigenvalue weighted by Gasteiger charge is 2.06. The van der Waals surface area contributed by atoms with Crippen LogP contribution in [0.3, 0.4) is 0 Å². The van der Waals surface area contributed by atoms with Gasteiger partial charge >= 0.3 is 0 Å². The molecular weight excluding hydrogens is 208 g/mol. The van der Waals surface area contributed by atoms with E-state index in [-0.39, 0.29) is 11.5 Å². The Labute approximate surface area is 82.5 Å². The van der Waals surface area contributed by atoms with Crippen molar-refractivity contribution in [2.24, 2.45) is 0 Å². The first-order valence-corrected chi connectivity index (χ1v) is 6.22. The van der Waals surface area contributed by atoms with Gasteiger partial charge in [0.15, 0.2) is 14.6 Å². The zero-order valence-corrected chi connectivity index (χ0v) is 8.99. The molecule has 0 aliphatic carbocycles. The van der Waals surface area contributed by atoms with Crippen LogP contribution in [-0.4, -0.2) is 29.5 Å². The van der Waals surface area contributed by atoms with Gasteiger partial charge in [-0.05, 0) is 12.2 Å². The second-order valence-corrected chi connectivity index (χ2v) is 5.55. The third-order valence-electron chi connectivity index (χ3n) is 1.81. The molecule has 74 valence electrons. The zero-order chi connectivity index (χ0) is 9.90. The minimum Gasteiger partial charge on any atom is -0.337 e. The Morgan fingerprint density at radius 3 is 2.77 bits per heavy atom. The molecule has 0 atom stereocenters. The van der Waals surface area contributed by atoms with Crippen molar-refractivity contribution in [3.8, 4) is 0 Å². The zero-order valence-electron chi connectivity index (χ0n) is 7.36. The third kappa shape index (κ3) is 2.96. The van der Waals surface area contributed by atoms with Crippen LogP contribution in [0.25, 0.3) is 0 Å². The maximum absolute atomic E-state index is 11.1. The summed E-state index contributed by atoms with van der Waals surface area (Å²) in [5.41, 5.74) is 0. The number of rotatable bonds is 4. The number of aromatic amines is 1. The van der Waals surface area contributed by atoms with E-state index in [4.69, 9.17) is 12.2 Å². The molecule has 1 aromatic heterocycles. The van der Waals surface area contributed by atoms with E-state index in [0.29, 0.717) is 11.3 Å². The Balaban J connectivity index is 2.64. The average Bonchev–Trinajstić information content (AvgIpc) is 2.48. The van der Waals surface area contributed by atoms with E-state index in [1.54, 1.807) is 23.9 Å². The van der Waals surface area contributed by atoms with Crippen LogP contribution in [0, 0.1) is 4.77 Å². The summed E-state index contributed by atoms with van der Waals surface area (Å²) in [7, 11) is -2.89. The summed E-state index contributed by atoms with van der Waals surface area (Å²) in [5, 5.41) is 0. The Hall–Kier alpha value is -0.620. The monoisotopic (exact) mass is 220 g/mol. The smallest absolute Gasteiger partial charge is 0.177 e. The van der Waals surface area contributed by atoms with Gasteiger partial charge in [-0.25, -0.2) is 8.42 Å². The summed E-state index contributed by atoms with van der Waals surface area (Å²) in [6.07, 6.45) is 3.44. The fourth-order valence-corrected chi connectivity index (χ4v) is 1.89. The minimum atomic E-state index is -2.89. The molecule has 1 aromatic rings. The van der Waals surface area contributed by atoms with Crippen LogP contribution in [0.4, 0.5) is 0 Å². The van der Waals surface area contributed by atoms with Crippen LogP contribution < -0.4 is 0 Å². The molecule has 0 saturated heterocycles. The predicted octanol–water partition coefficient (Wildman–Crippen LogP) is 0.980. The van der Waals surface area contributed by atoms with Crippen LogP contribution in [0.5, 0.6) is 0 Å². The third-order valence-corrected chi connectivity index (χ3v) is 3.84. The molecule has 0 spiro atoms. The van der Waals surface area contributed by atoms with Crippen LogP contribution in [0.15, 0.2) is 12.4 Å². The largest absolute Gasteiger partial charge is 0.337 e. The van der Waals surface area contributed by atoms with Gasteiger partial charge in [0.05, 0.1) is 5.75 Å². The summed E-state index contributed by atoms with van der Waals surface area (Å²) in [6, 6.07) is 0. The first kappa shape index (κ1) is 10.5. The van der Waals surface area contributed by atoms with Gasteiger partial charge < -0.3 is 9.55 Å². The Kier molecular flexibility index (Phi) is 3.27. The van der Waals surface area contributed by atoms with Crippen LogP contribution >= 0.6 is 12.2 Å². The number of nitrogens with one attached hydrogen (secondary N) is 1. The van der Waals surface area contributed by atoms with E-state index in [9.17, 15) is 8.42 Å². The maximum Gasteiger partial charge on any atom is 0.177 e. The maximum atomic E-state index is 11.1. The van der Waals surface area contributed by atoms with Crippen molar-refractivity contribution in [1.29, 1.82) is 0 Å². The number of H-pyrrole nitrogens is 1. The van der Waals surface area contributed by atoms with Crippen LogP contribution in [0.1, 0.15) is 6.92 Å². The minimum absolute atomic E-state index is 0.148. The molecule has 4 nitrogen and oxygen atoms in total. The van der Waals surface area contributed by atoms with Crippen molar-refractivity contribution in [3.05, 3.63) is 17.2 Å². The lowest BCUT2D eigenvalue weighted by Crippen LogP contribution is -2.14. The van der Waals surface area contributed by atoms with Crippen molar-refractivity contribution < 1.29 is 8.42 Å². The number of aryl methyl sites for hydroxylation is 1. The van der Waals surface area contributed by atoms with Gasteiger partial charge in [-0.1, -0.05) is 6.92 Å². The van der Waals surface area contributed by atoms with Crippen molar-refractivity contribution in [2.45, 2.75) is 13.5 Å². The van der Waals surface area contributed by atoms with E-state index >= 15 is 0 Å². The molecule has 1 heterocycles. The lowest BCUT2D eigenvalue weighted by Gasteiger charge is -2.01. The van der Waals surface area contributed by atoms with E-state index in [1.165, 1.54) is 0 Å². The lowest BCUT2D eigenvalue weighted by molar-refractivity contribution is 0.589. The standard InChI is InChI=1S/C7H12N2O2S2/c1-2-13(10,11)6-5-9-4-3-8-7(9)12/h3-4H,2,5-6H2,1H3,(H,8,12). The molecular formula is C7H12N2O2S2. The Morgan fingerprint density at radius 1 is 1.62 bits per heavy atom. The van der Waals surface area contributed by atoms with Crippen molar-refractivity contribution >= 4 is 22.1 Å². The molecule has 0 aliphatic rings. The molecule has 0 bridgehead atoms. The molecule has 0 aliphatic heterocycles. The molecule has 0 fully saturated rings. The van der Waals surface area contributed by atoms with Gasteiger partial charge in [-0.3, -0.25) is 0 Å². The number of imidazole rings is 1. The average molecular weight is 220 g/mol. The molecule has 0 amide bonds. The highest BCUT2D eigenvalue weighted by Crippen LogP contribution is 1.95. The fourth-order valence-electron chi connectivity index (χ4n) is 0.907. The highest BCUT2D eigenvalue weighted by molar-refractivity contribution is 7.91. The van der Waals surface area contributed by atoms with Crippen LogP contribution in [-0.2, 0) is 16.4 Å². The molecule has 0 unspecified atom stereocenters. The molecule has 0 aromatic carbocycles. The lowest BCUT2D eigenvalue weighted by atomic mass is 10.7. The van der Waals surface area contributed by atoms with Gasteiger partial charge in [0.2, 0.25) is 0 Å². The van der Waals surface area contributed by atoms with E-state index in [1.807, 2.05) is 0 Å². The van der Waals surface area contributed by atoms with Gasteiger partial charge in [-0.15, -0.1) is 0 Å². The summed E-state index contributed by atoms with van der Waals surface area (Å²) in [6.45, 7) is 2.07. The topological polar surface area (TPSA) is 54.9 Å². The van der Waals surface area contributed by atoms with Crippen LogP contribution in [0.2, 0.25) is 0 Å². The normalized spacial score (nSPS) is 11.8. The number of hydrogen-bond acceptors (Lipinski definition) is 3. The van der Waals surface area contributed by atoms with E-state index in [2.05, 4.69) is 4.98 Å².